The van der Waals surface area contributed by atoms with E-state index < -0.39 is 5.82 Å². The van der Waals surface area contributed by atoms with Gasteiger partial charge < -0.3 is 11.1 Å². The fourth-order valence-corrected chi connectivity index (χ4v) is 2.10. The summed E-state index contributed by atoms with van der Waals surface area (Å²) >= 11 is 5.65. The van der Waals surface area contributed by atoms with E-state index in [1.807, 2.05) is 6.07 Å². The molecule has 0 spiro atoms. The van der Waals surface area contributed by atoms with E-state index in [2.05, 4.69) is 30.4 Å². The minimum absolute atomic E-state index is 0.0433. The van der Waals surface area contributed by atoms with Crippen LogP contribution in [0.4, 0.5) is 15.8 Å². The number of benzene rings is 2. The molecule has 0 bridgehead atoms. The Labute approximate surface area is 117 Å². The fraction of sp³-hybridized carbons (Fsp3) is 0.200. The molecule has 0 atom stereocenters. The zero-order valence-electron chi connectivity index (χ0n) is 10.7. The van der Waals surface area contributed by atoms with E-state index >= 15 is 0 Å². The van der Waals surface area contributed by atoms with Crippen LogP contribution < -0.4 is 11.1 Å². The van der Waals surface area contributed by atoms with E-state index in [4.69, 9.17) is 17.3 Å². The first-order valence-corrected chi connectivity index (χ1v) is 6.48. The van der Waals surface area contributed by atoms with Crippen LogP contribution in [-0.4, -0.2) is 6.54 Å². The molecule has 2 rings (SSSR count). The topological polar surface area (TPSA) is 38.0 Å². The first kappa shape index (κ1) is 13.7. The van der Waals surface area contributed by atoms with Crippen LogP contribution >= 0.6 is 11.6 Å². The standard InChI is InChI=1S/C15H16ClFN2/c1-10-3-2-4-11(7-10)5-6-19-15-9-13(17)12(16)8-14(15)18/h2-4,7-9,19H,5-6,18H2,1H3. The van der Waals surface area contributed by atoms with Crippen LogP contribution in [0.5, 0.6) is 0 Å². The maximum atomic E-state index is 13.3. The van der Waals surface area contributed by atoms with Crippen LogP contribution in [0.2, 0.25) is 5.02 Å². The van der Waals surface area contributed by atoms with E-state index in [1.54, 1.807) is 0 Å². The molecule has 4 heteroatoms. The van der Waals surface area contributed by atoms with Crippen molar-refractivity contribution in [1.29, 1.82) is 0 Å². The molecule has 0 aliphatic rings. The van der Waals surface area contributed by atoms with E-state index in [0.29, 0.717) is 17.9 Å². The van der Waals surface area contributed by atoms with Gasteiger partial charge in [-0.3, -0.25) is 0 Å². The fourth-order valence-electron chi connectivity index (χ4n) is 1.92. The van der Waals surface area contributed by atoms with E-state index in [0.717, 1.165) is 6.42 Å². The molecule has 2 nitrogen and oxygen atoms in total. The molecule has 0 radical (unpaired) electrons. The second-order valence-electron chi connectivity index (χ2n) is 4.52. The van der Waals surface area contributed by atoms with Crippen LogP contribution in [-0.2, 0) is 6.42 Å². The molecule has 2 aromatic carbocycles. The van der Waals surface area contributed by atoms with Gasteiger partial charge in [-0.2, -0.15) is 0 Å². The van der Waals surface area contributed by atoms with Crippen molar-refractivity contribution in [2.24, 2.45) is 0 Å². The summed E-state index contributed by atoms with van der Waals surface area (Å²) in [7, 11) is 0. The van der Waals surface area contributed by atoms with Gasteiger partial charge in [0, 0.05) is 12.6 Å². The van der Waals surface area contributed by atoms with Gasteiger partial charge in [0.2, 0.25) is 0 Å². The van der Waals surface area contributed by atoms with Crippen molar-refractivity contribution in [3.05, 3.63) is 58.4 Å². The number of rotatable bonds is 4. The number of anilines is 2. The van der Waals surface area contributed by atoms with Crippen LogP contribution in [0.1, 0.15) is 11.1 Å². The molecule has 0 saturated carbocycles. The zero-order chi connectivity index (χ0) is 13.8. The van der Waals surface area contributed by atoms with Crippen molar-refractivity contribution >= 4 is 23.0 Å². The zero-order valence-corrected chi connectivity index (χ0v) is 11.5. The number of nitrogens with two attached hydrogens (primary N) is 1. The maximum Gasteiger partial charge on any atom is 0.143 e. The molecule has 0 fully saturated rings. The molecular formula is C15H16ClFN2. The van der Waals surface area contributed by atoms with Crippen molar-refractivity contribution in [2.45, 2.75) is 13.3 Å². The first-order valence-electron chi connectivity index (χ1n) is 6.10. The molecule has 3 N–H and O–H groups in total. The van der Waals surface area contributed by atoms with Gasteiger partial charge in [-0.15, -0.1) is 0 Å². The maximum absolute atomic E-state index is 13.3. The Bertz CT molecular complexity index is 584. The normalized spacial score (nSPS) is 10.5. The molecule has 0 unspecified atom stereocenters. The summed E-state index contributed by atoms with van der Waals surface area (Å²) in [5.74, 6) is -0.464. The van der Waals surface area contributed by atoms with Gasteiger partial charge >= 0.3 is 0 Å². The SMILES string of the molecule is Cc1cccc(CCNc2cc(F)c(Cl)cc2N)c1. The highest BCUT2D eigenvalue weighted by Gasteiger charge is 2.05. The molecule has 0 heterocycles. The number of aryl methyl sites for hydroxylation is 1. The highest BCUT2D eigenvalue weighted by Crippen LogP contribution is 2.26. The second kappa shape index (κ2) is 5.93. The molecule has 0 aromatic heterocycles. The smallest absolute Gasteiger partial charge is 0.143 e. The third kappa shape index (κ3) is 3.61. The lowest BCUT2D eigenvalue weighted by molar-refractivity contribution is 0.629. The summed E-state index contributed by atoms with van der Waals surface area (Å²) < 4.78 is 13.3. The Morgan fingerprint density at radius 2 is 2.05 bits per heavy atom. The summed E-state index contributed by atoms with van der Waals surface area (Å²) in [6.07, 6.45) is 0.853. The van der Waals surface area contributed by atoms with Gasteiger partial charge in [0.15, 0.2) is 0 Å². The predicted molar refractivity (Wildman–Crippen MR) is 79.2 cm³/mol. The Kier molecular flexibility index (Phi) is 4.27. The largest absolute Gasteiger partial charge is 0.397 e. The van der Waals surface area contributed by atoms with Crippen LogP contribution in [0, 0.1) is 12.7 Å². The third-order valence-corrected chi connectivity index (χ3v) is 3.19. The quantitative estimate of drug-likeness (QED) is 0.829. The Morgan fingerprint density at radius 3 is 2.79 bits per heavy atom. The third-order valence-electron chi connectivity index (χ3n) is 2.90. The lowest BCUT2D eigenvalue weighted by Gasteiger charge is -2.10. The average molecular weight is 279 g/mol. The van der Waals surface area contributed by atoms with Crippen LogP contribution in [0.25, 0.3) is 0 Å². The van der Waals surface area contributed by atoms with Gasteiger partial charge in [0.1, 0.15) is 5.82 Å². The lowest BCUT2D eigenvalue weighted by Crippen LogP contribution is -2.07. The molecular weight excluding hydrogens is 263 g/mol. The van der Waals surface area contributed by atoms with E-state index in [9.17, 15) is 4.39 Å². The molecule has 0 saturated heterocycles. The number of hydrogen-bond acceptors (Lipinski definition) is 2. The van der Waals surface area contributed by atoms with Gasteiger partial charge in [-0.05, 0) is 25.0 Å². The summed E-state index contributed by atoms with van der Waals surface area (Å²) in [5.41, 5.74) is 9.28. The van der Waals surface area contributed by atoms with Crippen molar-refractivity contribution < 1.29 is 4.39 Å². The lowest BCUT2D eigenvalue weighted by atomic mass is 10.1. The van der Waals surface area contributed by atoms with Crippen molar-refractivity contribution in [3.8, 4) is 0 Å². The summed E-state index contributed by atoms with van der Waals surface area (Å²) in [6, 6.07) is 11.0. The second-order valence-corrected chi connectivity index (χ2v) is 4.93. The monoisotopic (exact) mass is 278 g/mol. The predicted octanol–water partition coefficient (Wildman–Crippen LogP) is 4.02. The summed E-state index contributed by atoms with van der Waals surface area (Å²) in [4.78, 5) is 0. The Hall–Kier alpha value is -1.74. The van der Waals surface area contributed by atoms with E-state index in [-0.39, 0.29) is 5.02 Å². The minimum Gasteiger partial charge on any atom is -0.397 e. The number of nitrogens with one attached hydrogen (secondary N) is 1. The summed E-state index contributed by atoms with van der Waals surface area (Å²) in [5, 5.41) is 3.17. The van der Waals surface area contributed by atoms with Crippen molar-refractivity contribution in [3.63, 3.8) is 0 Å². The molecule has 0 amide bonds. The molecule has 19 heavy (non-hydrogen) atoms. The number of nitrogen functional groups attached to an aromatic ring is 1. The Balaban J connectivity index is 1.98. The highest BCUT2D eigenvalue weighted by atomic mass is 35.5. The molecule has 100 valence electrons. The Morgan fingerprint density at radius 1 is 1.26 bits per heavy atom. The number of halogens is 2. The first-order chi connectivity index (χ1) is 9.06. The van der Waals surface area contributed by atoms with Gasteiger partial charge in [0.25, 0.3) is 0 Å². The molecule has 2 aromatic rings. The van der Waals surface area contributed by atoms with E-state index in [1.165, 1.54) is 23.3 Å². The van der Waals surface area contributed by atoms with Crippen molar-refractivity contribution in [2.75, 3.05) is 17.6 Å². The average Bonchev–Trinajstić information content (AvgIpc) is 2.35. The summed E-state index contributed by atoms with van der Waals surface area (Å²) in [6.45, 7) is 2.75. The van der Waals surface area contributed by atoms with Gasteiger partial charge in [-0.1, -0.05) is 41.4 Å². The molecule has 0 aliphatic heterocycles. The van der Waals surface area contributed by atoms with Gasteiger partial charge in [-0.25, -0.2) is 4.39 Å². The minimum atomic E-state index is -0.464. The molecule has 0 aliphatic carbocycles. The number of hydrogen-bond donors (Lipinski definition) is 2. The van der Waals surface area contributed by atoms with Crippen LogP contribution in [0.15, 0.2) is 36.4 Å². The van der Waals surface area contributed by atoms with Crippen LogP contribution in [0.3, 0.4) is 0 Å². The van der Waals surface area contributed by atoms with Gasteiger partial charge in [0.05, 0.1) is 16.4 Å². The highest BCUT2D eigenvalue weighted by molar-refractivity contribution is 6.31. The van der Waals surface area contributed by atoms with Crippen molar-refractivity contribution in [1.82, 2.24) is 0 Å².